The summed E-state index contributed by atoms with van der Waals surface area (Å²) in [5.74, 6) is 1.67. The minimum atomic E-state index is 0.0752. The fourth-order valence-corrected chi connectivity index (χ4v) is 4.76. The van der Waals surface area contributed by atoms with E-state index in [9.17, 15) is 4.79 Å². The SMILES string of the molecule is Cc1ccc(C(=O)N2CCN(c3nc4ccccc4c4nnc(-c5ccccc5C)n34)CC2)cc1. The van der Waals surface area contributed by atoms with Gasteiger partial charge in [-0.2, -0.15) is 0 Å². The van der Waals surface area contributed by atoms with E-state index in [4.69, 9.17) is 4.98 Å². The van der Waals surface area contributed by atoms with Gasteiger partial charge in [0.2, 0.25) is 5.95 Å². The molecule has 0 radical (unpaired) electrons. The number of nitrogens with zero attached hydrogens (tertiary/aromatic N) is 6. The van der Waals surface area contributed by atoms with Crippen LogP contribution in [-0.2, 0) is 0 Å². The van der Waals surface area contributed by atoms with Crippen molar-refractivity contribution in [3.63, 3.8) is 0 Å². The fraction of sp³-hybridized carbons (Fsp3) is 0.214. The molecule has 7 heteroatoms. The number of carbonyl (C=O) groups is 1. The third kappa shape index (κ3) is 3.69. The van der Waals surface area contributed by atoms with Gasteiger partial charge >= 0.3 is 0 Å². The zero-order chi connectivity index (χ0) is 23.9. The number of hydrogen-bond acceptors (Lipinski definition) is 5. The average Bonchev–Trinajstić information content (AvgIpc) is 3.34. The van der Waals surface area contributed by atoms with Crippen LogP contribution in [0.5, 0.6) is 0 Å². The lowest BCUT2D eigenvalue weighted by atomic mass is 10.1. The maximum Gasteiger partial charge on any atom is 0.253 e. The van der Waals surface area contributed by atoms with Gasteiger partial charge in [0.05, 0.1) is 5.52 Å². The molecule has 1 amide bonds. The van der Waals surface area contributed by atoms with Crippen LogP contribution >= 0.6 is 0 Å². The molecule has 6 rings (SSSR count). The third-order valence-corrected chi connectivity index (χ3v) is 6.76. The molecule has 1 aliphatic heterocycles. The maximum absolute atomic E-state index is 13.0. The molecule has 5 aromatic rings. The van der Waals surface area contributed by atoms with Crippen molar-refractivity contribution in [3.05, 3.63) is 89.5 Å². The monoisotopic (exact) mass is 462 g/mol. The number of aromatic nitrogens is 4. The van der Waals surface area contributed by atoms with Gasteiger partial charge in [-0.3, -0.25) is 4.79 Å². The van der Waals surface area contributed by atoms with E-state index in [-0.39, 0.29) is 5.91 Å². The third-order valence-electron chi connectivity index (χ3n) is 6.76. The lowest BCUT2D eigenvalue weighted by Gasteiger charge is -2.35. The Bertz CT molecular complexity index is 1550. The molecule has 0 spiro atoms. The number of carbonyl (C=O) groups excluding carboxylic acids is 1. The first-order valence-electron chi connectivity index (χ1n) is 11.9. The van der Waals surface area contributed by atoms with E-state index in [1.165, 1.54) is 0 Å². The Kier molecular flexibility index (Phi) is 5.17. The predicted octanol–water partition coefficient (Wildman–Crippen LogP) is 4.52. The summed E-state index contributed by atoms with van der Waals surface area (Å²) >= 11 is 0. The predicted molar refractivity (Wildman–Crippen MR) is 138 cm³/mol. The molecular formula is C28H26N6O. The van der Waals surface area contributed by atoms with Crippen LogP contribution in [0.1, 0.15) is 21.5 Å². The van der Waals surface area contributed by atoms with Crippen molar-refractivity contribution in [2.75, 3.05) is 31.1 Å². The first kappa shape index (κ1) is 21.3. The van der Waals surface area contributed by atoms with Crippen LogP contribution in [-0.4, -0.2) is 56.6 Å². The number of piperazine rings is 1. The van der Waals surface area contributed by atoms with E-state index >= 15 is 0 Å². The molecule has 0 unspecified atom stereocenters. The molecule has 7 nitrogen and oxygen atoms in total. The molecule has 1 aliphatic rings. The Morgan fingerprint density at radius 3 is 2.29 bits per heavy atom. The molecule has 2 aromatic heterocycles. The number of amides is 1. The lowest BCUT2D eigenvalue weighted by molar-refractivity contribution is 0.0746. The van der Waals surface area contributed by atoms with Gasteiger partial charge < -0.3 is 9.80 Å². The number of aryl methyl sites for hydroxylation is 2. The number of benzene rings is 3. The standard InChI is InChI=1S/C28H26N6O/c1-19-11-13-21(14-12-19)27(35)32-15-17-33(18-16-32)28-29-24-10-6-5-9-23(24)26-31-30-25(34(26)28)22-8-4-3-7-20(22)2/h3-14H,15-18H2,1-2H3. The van der Waals surface area contributed by atoms with Crippen LogP contribution < -0.4 is 4.90 Å². The number of fused-ring (bicyclic) bond motifs is 3. The van der Waals surface area contributed by atoms with E-state index in [0.717, 1.165) is 50.6 Å². The number of anilines is 1. The van der Waals surface area contributed by atoms with E-state index in [1.54, 1.807) is 0 Å². The van der Waals surface area contributed by atoms with Crippen molar-refractivity contribution in [1.29, 1.82) is 0 Å². The first-order chi connectivity index (χ1) is 17.1. The second-order valence-electron chi connectivity index (χ2n) is 9.07. The summed E-state index contributed by atoms with van der Waals surface area (Å²) in [5, 5.41) is 10.2. The van der Waals surface area contributed by atoms with E-state index < -0.39 is 0 Å². The summed E-state index contributed by atoms with van der Waals surface area (Å²) in [6.45, 7) is 6.74. The Morgan fingerprint density at radius 1 is 0.800 bits per heavy atom. The molecule has 3 heterocycles. The molecule has 0 N–H and O–H groups in total. The van der Waals surface area contributed by atoms with Crippen molar-refractivity contribution in [2.24, 2.45) is 0 Å². The van der Waals surface area contributed by atoms with Gasteiger partial charge in [0.25, 0.3) is 5.91 Å². The van der Waals surface area contributed by atoms with Crippen LogP contribution in [0.4, 0.5) is 5.95 Å². The summed E-state index contributed by atoms with van der Waals surface area (Å²) < 4.78 is 2.07. The topological polar surface area (TPSA) is 66.6 Å². The Labute approximate surface area is 203 Å². The van der Waals surface area contributed by atoms with Crippen LogP contribution in [0.15, 0.2) is 72.8 Å². The highest BCUT2D eigenvalue weighted by Gasteiger charge is 2.26. The summed E-state index contributed by atoms with van der Waals surface area (Å²) in [5.41, 5.74) is 5.73. The van der Waals surface area contributed by atoms with E-state index in [2.05, 4.69) is 38.6 Å². The number of hydrogen-bond donors (Lipinski definition) is 0. The van der Waals surface area contributed by atoms with Crippen molar-refractivity contribution >= 4 is 28.4 Å². The molecule has 3 aromatic carbocycles. The second kappa shape index (κ2) is 8.51. The highest BCUT2D eigenvalue weighted by Crippen LogP contribution is 2.30. The van der Waals surface area contributed by atoms with Crippen LogP contribution in [0.25, 0.3) is 27.9 Å². The van der Waals surface area contributed by atoms with Gasteiger partial charge in [0.1, 0.15) is 0 Å². The van der Waals surface area contributed by atoms with Gasteiger partial charge in [0, 0.05) is 42.7 Å². The molecular weight excluding hydrogens is 436 g/mol. The summed E-state index contributed by atoms with van der Waals surface area (Å²) in [7, 11) is 0. The molecule has 1 fully saturated rings. The minimum Gasteiger partial charge on any atom is -0.338 e. The van der Waals surface area contributed by atoms with Crippen molar-refractivity contribution in [2.45, 2.75) is 13.8 Å². The molecule has 0 aliphatic carbocycles. The zero-order valence-corrected chi connectivity index (χ0v) is 19.8. The smallest absolute Gasteiger partial charge is 0.253 e. The molecule has 0 saturated carbocycles. The van der Waals surface area contributed by atoms with Crippen LogP contribution in [0, 0.1) is 13.8 Å². The van der Waals surface area contributed by atoms with Crippen molar-refractivity contribution in [1.82, 2.24) is 24.5 Å². The van der Waals surface area contributed by atoms with Crippen LogP contribution in [0.3, 0.4) is 0 Å². The average molecular weight is 463 g/mol. The van der Waals surface area contributed by atoms with Gasteiger partial charge in [-0.05, 0) is 43.7 Å². The molecule has 174 valence electrons. The first-order valence-corrected chi connectivity index (χ1v) is 11.9. The van der Waals surface area contributed by atoms with Crippen molar-refractivity contribution < 1.29 is 4.79 Å². The fourth-order valence-electron chi connectivity index (χ4n) is 4.76. The highest BCUT2D eigenvalue weighted by atomic mass is 16.2. The highest BCUT2D eigenvalue weighted by molar-refractivity contribution is 5.95. The zero-order valence-electron chi connectivity index (χ0n) is 19.8. The maximum atomic E-state index is 13.0. The summed E-state index contributed by atoms with van der Waals surface area (Å²) in [4.78, 5) is 22.3. The number of rotatable bonds is 3. The van der Waals surface area contributed by atoms with Gasteiger partial charge in [-0.25, -0.2) is 9.38 Å². The van der Waals surface area contributed by atoms with Crippen molar-refractivity contribution in [3.8, 4) is 11.4 Å². The summed E-state index contributed by atoms with van der Waals surface area (Å²) in [6, 6.07) is 24.0. The lowest BCUT2D eigenvalue weighted by Crippen LogP contribution is -2.49. The molecule has 0 bridgehead atoms. The second-order valence-corrected chi connectivity index (χ2v) is 9.07. The largest absolute Gasteiger partial charge is 0.338 e. The van der Waals surface area contributed by atoms with Gasteiger partial charge in [0.15, 0.2) is 11.5 Å². The summed E-state index contributed by atoms with van der Waals surface area (Å²) in [6.07, 6.45) is 0. The molecule has 35 heavy (non-hydrogen) atoms. The Hall–Kier alpha value is -4.26. The van der Waals surface area contributed by atoms with E-state index in [1.807, 2.05) is 72.5 Å². The molecule has 1 saturated heterocycles. The minimum absolute atomic E-state index is 0.0752. The van der Waals surface area contributed by atoms with E-state index in [0.29, 0.717) is 26.2 Å². The van der Waals surface area contributed by atoms with Gasteiger partial charge in [-0.15, -0.1) is 10.2 Å². The van der Waals surface area contributed by atoms with Gasteiger partial charge in [-0.1, -0.05) is 54.1 Å². The van der Waals surface area contributed by atoms with Crippen LogP contribution in [0.2, 0.25) is 0 Å². The number of para-hydroxylation sites is 1. The Balaban J connectivity index is 1.39. The Morgan fingerprint density at radius 2 is 1.51 bits per heavy atom. The normalized spacial score (nSPS) is 14.1. The molecule has 0 atom stereocenters. The quantitative estimate of drug-likeness (QED) is 0.394.